The van der Waals surface area contributed by atoms with Crippen molar-refractivity contribution in [2.45, 2.75) is 39.7 Å². The van der Waals surface area contributed by atoms with Gasteiger partial charge in [-0.25, -0.2) is 9.59 Å². The van der Waals surface area contributed by atoms with Crippen LogP contribution < -0.4 is 14.8 Å². The second-order valence-electron chi connectivity index (χ2n) is 8.42. The van der Waals surface area contributed by atoms with Gasteiger partial charge in [-0.3, -0.25) is 5.32 Å². The van der Waals surface area contributed by atoms with Crippen molar-refractivity contribution in [2.24, 2.45) is 5.92 Å². The number of ether oxygens (including phenoxy) is 4. The van der Waals surface area contributed by atoms with Crippen LogP contribution in [-0.4, -0.2) is 44.1 Å². The molecule has 0 aliphatic carbocycles. The van der Waals surface area contributed by atoms with Gasteiger partial charge in [0.1, 0.15) is 24.2 Å². The highest BCUT2D eigenvalue weighted by Gasteiger charge is 2.23. The van der Waals surface area contributed by atoms with E-state index in [1.807, 2.05) is 38.1 Å². The maximum absolute atomic E-state index is 12.8. The number of methoxy groups -OCH3 is 1. The molecule has 8 nitrogen and oxygen atoms in total. The van der Waals surface area contributed by atoms with E-state index < -0.39 is 12.2 Å². The molecule has 0 spiro atoms. The molecule has 0 aliphatic heterocycles. The number of aliphatic hydroxyl groups is 1. The Morgan fingerprint density at radius 1 is 1.05 bits per heavy atom. The summed E-state index contributed by atoms with van der Waals surface area (Å²) in [4.78, 5) is 24.3. The number of carbonyl (C=O) groups excluding carboxylic acids is 2. The summed E-state index contributed by atoms with van der Waals surface area (Å²) in [6, 6.07) is 14.3. The first-order valence-electron chi connectivity index (χ1n) is 12.3. The molecule has 2 N–H and O–H groups in total. The lowest BCUT2D eigenvalue weighted by molar-refractivity contribution is -0.137. The van der Waals surface area contributed by atoms with Crippen molar-refractivity contribution in [3.05, 3.63) is 77.9 Å². The lowest BCUT2D eigenvalue weighted by atomic mass is 9.93. The Balaban J connectivity index is 2.08. The first kappa shape index (κ1) is 29.5. The Morgan fingerprint density at radius 2 is 1.73 bits per heavy atom. The molecular weight excluding hydrogens is 474 g/mol. The van der Waals surface area contributed by atoms with Gasteiger partial charge in [-0.15, -0.1) is 0 Å². The van der Waals surface area contributed by atoms with E-state index in [1.165, 1.54) is 6.08 Å². The highest BCUT2D eigenvalue weighted by molar-refractivity contribution is 5.85. The summed E-state index contributed by atoms with van der Waals surface area (Å²) in [5.74, 6) is 0.943. The highest BCUT2D eigenvalue weighted by Crippen LogP contribution is 2.31. The van der Waals surface area contributed by atoms with Crippen molar-refractivity contribution in [1.29, 1.82) is 0 Å². The number of hydrogen-bond donors (Lipinski definition) is 2. The summed E-state index contributed by atoms with van der Waals surface area (Å²) in [5, 5.41) is 11.7. The molecule has 1 amide bonds. The summed E-state index contributed by atoms with van der Waals surface area (Å²) in [7, 11) is 1.58. The fraction of sp³-hybridized carbons (Fsp3) is 0.379. The van der Waals surface area contributed by atoms with Crippen molar-refractivity contribution in [3.63, 3.8) is 0 Å². The highest BCUT2D eigenvalue weighted by atomic mass is 16.6. The van der Waals surface area contributed by atoms with Crippen LogP contribution in [0.25, 0.3) is 0 Å². The number of benzene rings is 2. The van der Waals surface area contributed by atoms with Gasteiger partial charge in [-0.05, 0) is 80.1 Å². The number of carbonyl (C=O) groups is 2. The van der Waals surface area contributed by atoms with E-state index in [4.69, 9.17) is 24.1 Å². The van der Waals surface area contributed by atoms with Gasteiger partial charge in [-0.2, -0.15) is 0 Å². The van der Waals surface area contributed by atoms with Crippen LogP contribution in [0.2, 0.25) is 0 Å². The van der Waals surface area contributed by atoms with Crippen LogP contribution in [0, 0.1) is 5.92 Å². The fourth-order valence-corrected chi connectivity index (χ4v) is 3.56. The van der Waals surface area contributed by atoms with Crippen LogP contribution in [0.1, 0.15) is 45.3 Å². The van der Waals surface area contributed by atoms with Crippen LogP contribution in [-0.2, 0) is 14.3 Å². The van der Waals surface area contributed by atoms with E-state index in [0.29, 0.717) is 23.8 Å². The number of esters is 1. The van der Waals surface area contributed by atoms with Gasteiger partial charge < -0.3 is 24.1 Å². The average Bonchev–Trinajstić information content (AvgIpc) is 2.89. The number of anilines is 1. The number of nitrogens with one attached hydrogen (secondary N) is 1. The van der Waals surface area contributed by atoms with Crippen LogP contribution in [0.5, 0.6) is 11.5 Å². The smallest absolute Gasteiger partial charge is 0.412 e. The van der Waals surface area contributed by atoms with Gasteiger partial charge in [0.15, 0.2) is 0 Å². The monoisotopic (exact) mass is 511 g/mol. The Labute approximate surface area is 218 Å². The molecule has 0 fully saturated rings. The largest absolute Gasteiger partial charge is 0.497 e. The fourth-order valence-electron chi connectivity index (χ4n) is 3.56. The topological polar surface area (TPSA) is 103 Å². The first-order chi connectivity index (χ1) is 17.9. The zero-order chi connectivity index (χ0) is 27.0. The van der Waals surface area contributed by atoms with E-state index in [9.17, 15) is 9.59 Å². The van der Waals surface area contributed by atoms with Crippen molar-refractivity contribution >= 4 is 17.7 Å². The zero-order valence-corrected chi connectivity index (χ0v) is 21.9. The maximum atomic E-state index is 12.8. The van der Waals surface area contributed by atoms with Crippen molar-refractivity contribution in [1.82, 2.24) is 0 Å². The zero-order valence-electron chi connectivity index (χ0n) is 21.9. The molecule has 2 aromatic rings. The summed E-state index contributed by atoms with van der Waals surface area (Å²) < 4.78 is 21.4. The Morgan fingerprint density at radius 3 is 2.35 bits per heavy atom. The first-order valence-corrected chi connectivity index (χ1v) is 12.3. The third kappa shape index (κ3) is 10.8. The lowest BCUT2D eigenvalue weighted by Crippen LogP contribution is -2.22. The molecule has 200 valence electrons. The minimum absolute atomic E-state index is 0.00943. The molecule has 0 radical (unpaired) electrons. The molecule has 0 aliphatic rings. The number of amides is 1. The van der Waals surface area contributed by atoms with Gasteiger partial charge >= 0.3 is 12.1 Å². The number of hydrogen-bond acceptors (Lipinski definition) is 7. The molecule has 0 heterocycles. The van der Waals surface area contributed by atoms with Gasteiger partial charge in [0.05, 0.1) is 20.3 Å². The average molecular weight is 512 g/mol. The van der Waals surface area contributed by atoms with Crippen LogP contribution in [0.3, 0.4) is 0 Å². The third-order valence-electron chi connectivity index (χ3n) is 5.46. The molecule has 0 saturated heterocycles. The minimum atomic E-state index is -0.564. The number of allylic oxidation sites excluding steroid dienone is 3. The number of rotatable bonds is 14. The van der Waals surface area contributed by atoms with Gasteiger partial charge in [-0.1, -0.05) is 31.2 Å². The molecule has 37 heavy (non-hydrogen) atoms. The van der Waals surface area contributed by atoms with Crippen LogP contribution in [0.15, 0.2) is 72.3 Å². The van der Waals surface area contributed by atoms with E-state index in [2.05, 4.69) is 5.32 Å². The summed E-state index contributed by atoms with van der Waals surface area (Å²) in [6.45, 7) is 6.10. The van der Waals surface area contributed by atoms with E-state index in [1.54, 1.807) is 50.4 Å². The van der Waals surface area contributed by atoms with E-state index in [-0.39, 0.29) is 25.1 Å². The molecule has 2 atom stereocenters. The normalized spacial score (nSPS) is 13.1. The van der Waals surface area contributed by atoms with Crippen molar-refractivity contribution < 1.29 is 33.6 Å². The third-order valence-corrected chi connectivity index (χ3v) is 5.46. The predicted molar refractivity (Wildman–Crippen MR) is 143 cm³/mol. The Hall–Kier alpha value is -3.78. The molecule has 2 rings (SSSR count). The summed E-state index contributed by atoms with van der Waals surface area (Å²) in [5.41, 5.74) is 2.23. The maximum Gasteiger partial charge on any atom is 0.412 e. The predicted octanol–water partition coefficient (Wildman–Crippen LogP) is 5.84. The second-order valence-corrected chi connectivity index (χ2v) is 8.42. The molecule has 0 aromatic heterocycles. The molecule has 2 aromatic carbocycles. The van der Waals surface area contributed by atoms with Crippen molar-refractivity contribution in [3.8, 4) is 11.5 Å². The Bertz CT molecular complexity index is 1030. The lowest BCUT2D eigenvalue weighted by Gasteiger charge is -2.25. The van der Waals surface area contributed by atoms with Crippen molar-refractivity contribution in [2.75, 3.05) is 32.2 Å². The van der Waals surface area contributed by atoms with E-state index in [0.717, 1.165) is 24.0 Å². The van der Waals surface area contributed by atoms with Crippen LogP contribution >= 0.6 is 0 Å². The summed E-state index contributed by atoms with van der Waals surface area (Å²) >= 11 is 0. The SMILES string of the molecule is CCOC(=O)/C=C(C)/C=C/CC[C@H](C)[C@H](OC(=O)Nc1ccc(OC)cc1)c1ccc(OCCO)cc1. The van der Waals surface area contributed by atoms with Crippen LogP contribution in [0.4, 0.5) is 10.5 Å². The van der Waals surface area contributed by atoms with Gasteiger partial charge in [0.2, 0.25) is 0 Å². The van der Waals surface area contributed by atoms with Gasteiger partial charge in [0, 0.05) is 11.8 Å². The molecular formula is C29H37NO7. The molecule has 0 saturated carbocycles. The number of aliphatic hydroxyl groups excluding tert-OH is 1. The standard InChI is InChI=1S/C29H37NO7/c1-5-35-27(32)20-21(2)8-6-7-9-22(3)28(23-10-14-26(15-11-23)36-19-18-31)37-29(33)30-24-12-16-25(34-4)17-13-24/h6,8,10-17,20,22,28,31H,5,7,9,18-19H2,1-4H3,(H,30,33)/b8-6+,21-20+/t22-,28-/m0/s1. The van der Waals surface area contributed by atoms with E-state index >= 15 is 0 Å². The quantitative estimate of drug-likeness (QED) is 0.187. The molecule has 8 heteroatoms. The summed E-state index contributed by atoms with van der Waals surface area (Å²) in [6.07, 6.45) is 5.73. The van der Waals surface area contributed by atoms with Gasteiger partial charge in [0.25, 0.3) is 0 Å². The minimum Gasteiger partial charge on any atom is -0.497 e. The Kier molecular flexibility index (Phi) is 12.8. The second kappa shape index (κ2) is 16.1. The molecule has 0 unspecified atom stereocenters. The molecule has 0 bridgehead atoms.